The van der Waals surface area contributed by atoms with Crippen molar-refractivity contribution in [2.45, 2.75) is 46.3 Å². The van der Waals surface area contributed by atoms with Crippen molar-refractivity contribution < 1.29 is 4.74 Å². The summed E-state index contributed by atoms with van der Waals surface area (Å²) in [4.78, 5) is 9.05. The van der Waals surface area contributed by atoms with Crippen molar-refractivity contribution in [1.29, 1.82) is 0 Å². The molecule has 4 nitrogen and oxygen atoms in total. The van der Waals surface area contributed by atoms with Crippen molar-refractivity contribution in [1.82, 2.24) is 15.3 Å². The zero-order valence-electron chi connectivity index (χ0n) is 12.2. The van der Waals surface area contributed by atoms with Crippen molar-refractivity contribution in [3.05, 3.63) is 23.8 Å². The summed E-state index contributed by atoms with van der Waals surface area (Å²) < 4.78 is 5.80. The molecule has 1 unspecified atom stereocenters. The molecule has 1 fully saturated rings. The van der Waals surface area contributed by atoms with Crippen molar-refractivity contribution in [2.75, 3.05) is 13.2 Å². The molecule has 0 spiro atoms. The van der Waals surface area contributed by atoms with Crippen LogP contribution in [0.5, 0.6) is 0 Å². The fraction of sp³-hybridized carbons (Fsp3) is 0.733. The van der Waals surface area contributed by atoms with Crippen LogP contribution in [0.1, 0.15) is 51.2 Å². The van der Waals surface area contributed by atoms with Crippen LogP contribution < -0.4 is 5.32 Å². The molecule has 0 aromatic carbocycles. The molecule has 1 N–H and O–H groups in total. The molecule has 106 valence electrons. The molecule has 1 saturated carbocycles. The third kappa shape index (κ3) is 4.55. The predicted molar refractivity (Wildman–Crippen MR) is 75.7 cm³/mol. The SMILES string of the molecule is CCOC(c1nccc(CNCC(C)C)n1)C1CC1. The zero-order valence-corrected chi connectivity index (χ0v) is 12.2. The van der Waals surface area contributed by atoms with Gasteiger partial charge >= 0.3 is 0 Å². The average Bonchev–Trinajstić information content (AvgIpc) is 3.20. The largest absolute Gasteiger partial charge is 0.370 e. The number of hydrogen-bond acceptors (Lipinski definition) is 4. The predicted octanol–water partition coefficient (Wildman–Crippen LogP) is 2.71. The number of aromatic nitrogens is 2. The van der Waals surface area contributed by atoms with Gasteiger partial charge in [-0.2, -0.15) is 0 Å². The van der Waals surface area contributed by atoms with Crippen LogP contribution in [0, 0.1) is 11.8 Å². The van der Waals surface area contributed by atoms with Crippen molar-refractivity contribution in [2.24, 2.45) is 11.8 Å². The molecule has 0 saturated heterocycles. The Morgan fingerprint density at radius 3 is 2.84 bits per heavy atom. The van der Waals surface area contributed by atoms with Crippen LogP contribution in [0.3, 0.4) is 0 Å². The first-order valence-corrected chi connectivity index (χ1v) is 7.34. The van der Waals surface area contributed by atoms with Crippen molar-refractivity contribution in [3.8, 4) is 0 Å². The molecular formula is C15H25N3O. The molecule has 1 aliphatic rings. The first kappa shape index (κ1) is 14.4. The summed E-state index contributed by atoms with van der Waals surface area (Å²) >= 11 is 0. The van der Waals surface area contributed by atoms with Crippen LogP contribution in [0.2, 0.25) is 0 Å². The lowest BCUT2D eigenvalue weighted by atomic mass is 10.2. The van der Waals surface area contributed by atoms with Gasteiger partial charge in [0.25, 0.3) is 0 Å². The lowest BCUT2D eigenvalue weighted by Crippen LogP contribution is -2.20. The summed E-state index contributed by atoms with van der Waals surface area (Å²) in [6.45, 7) is 8.98. The molecular weight excluding hydrogens is 238 g/mol. The first-order chi connectivity index (χ1) is 9.20. The summed E-state index contributed by atoms with van der Waals surface area (Å²) in [5.41, 5.74) is 1.05. The Balaban J connectivity index is 1.96. The third-order valence-electron chi connectivity index (χ3n) is 3.24. The minimum atomic E-state index is 0.0926. The average molecular weight is 263 g/mol. The Kier molecular flexibility index (Phi) is 5.28. The summed E-state index contributed by atoms with van der Waals surface area (Å²) in [7, 11) is 0. The van der Waals surface area contributed by atoms with Gasteiger partial charge in [0.2, 0.25) is 0 Å². The maximum Gasteiger partial charge on any atom is 0.157 e. The van der Waals surface area contributed by atoms with Crippen molar-refractivity contribution >= 4 is 0 Å². The Bertz CT molecular complexity index is 391. The molecule has 19 heavy (non-hydrogen) atoms. The summed E-state index contributed by atoms with van der Waals surface area (Å²) in [6.07, 6.45) is 4.42. The van der Waals surface area contributed by atoms with E-state index in [-0.39, 0.29) is 6.10 Å². The summed E-state index contributed by atoms with van der Waals surface area (Å²) in [5.74, 6) is 2.14. The van der Waals surface area contributed by atoms with Gasteiger partial charge < -0.3 is 10.1 Å². The quantitative estimate of drug-likeness (QED) is 0.783. The van der Waals surface area contributed by atoms with E-state index in [0.717, 1.165) is 31.2 Å². The van der Waals surface area contributed by atoms with Crippen LogP contribution >= 0.6 is 0 Å². The molecule has 1 aromatic rings. The highest BCUT2D eigenvalue weighted by Gasteiger charge is 2.34. The molecule has 4 heteroatoms. The van der Waals surface area contributed by atoms with Crippen molar-refractivity contribution in [3.63, 3.8) is 0 Å². The van der Waals surface area contributed by atoms with E-state index in [1.54, 1.807) is 0 Å². The van der Waals surface area contributed by atoms with E-state index in [9.17, 15) is 0 Å². The van der Waals surface area contributed by atoms with E-state index >= 15 is 0 Å². The van der Waals surface area contributed by atoms with E-state index in [2.05, 4.69) is 29.1 Å². The van der Waals surface area contributed by atoms with E-state index in [0.29, 0.717) is 11.8 Å². The molecule has 0 bridgehead atoms. The van der Waals surface area contributed by atoms with Crippen LogP contribution in [0.15, 0.2) is 12.3 Å². The van der Waals surface area contributed by atoms with Gasteiger partial charge in [-0.1, -0.05) is 13.8 Å². The molecule has 1 aliphatic carbocycles. The number of ether oxygens (including phenoxy) is 1. The van der Waals surface area contributed by atoms with Crippen LogP contribution in [-0.4, -0.2) is 23.1 Å². The normalized spacial score (nSPS) is 16.8. The van der Waals surface area contributed by atoms with Gasteiger partial charge in [0.05, 0.1) is 5.69 Å². The highest BCUT2D eigenvalue weighted by atomic mass is 16.5. The lowest BCUT2D eigenvalue weighted by Gasteiger charge is -2.15. The molecule has 2 rings (SSSR count). The second-order valence-electron chi connectivity index (χ2n) is 5.64. The highest BCUT2D eigenvalue weighted by Crippen LogP contribution is 2.42. The third-order valence-corrected chi connectivity index (χ3v) is 3.24. The number of hydrogen-bond donors (Lipinski definition) is 1. The van der Waals surface area contributed by atoms with Gasteiger partial charge in [0, 0.05) is 19.3 Å². The molecule has 0 amide bonds. The Hall–Kier alpha value is -1.00. The second kappa shape index (κ2) is 6.96. The fourth-order valence-corrected chi connectivity index (χ4v) is 2.14. The van der Waals surface area contributed by atoms with Gasteiger partial charge in [-0.15, -0.1) is 0 Å². The second-order valence-corrected chi connectivity index (χ2v) is 5.64. The maximum atomic E-state index is 5.80. The monoisotopic (exact) mass is 263 g/mol. The van der Waals surface area contributed by atoms with Crippen LogP contribution in [-0.2, 0) is 11.3 Å². The molecule has 0 aliphatic heterocycles. The van der Waals surface area contributed by atoms with Crippen LogP contribution in [0.4, 0.5) is 0 Å². The lowest BCUT2D eigenvalue weighted by molar-refractivity contribution is 0.0398. The smallest absolute Gasteiger partial charge is 0.157 e. The standard InChI is InChI=1S/C15H25N3O/c1-4-19-14(12-5-6-12)15-17-8-7-13(18-15)10-16-9-11(2)3/h7-8,11-12,14,16H,4-6,9-10H2,1-3H3. The van der Waals surface area contributed by atoms with E-state index in [4.69, 9.17) is 4.74 Å². The van der Waals surface area contributed by atoms with E-state index in [1.165, 1.54) is 12.8 Å². The molecule has 1 heterocycles. The zero-order chi connectivity index (χ0) is 13.7. The first-order valence-electron chi connectivity index (χ1n) is 7.34. The number of nitrogens with zero attached hydrogens (tertiary/aromatic N) is 2. The molecule has 1 atom stereocenters. The Morgan fingerprint density at radius 1 is 1.42 bits per heavy atom. The number of rotatable bonds is 8. The highest BCUT2D eigenvalue weighted by molar-refractivity contribution is 5.06. The van der Waals surface area contributed by atoms with Gasteiger partial charge in [-0.05, 0) is 44.2 Å². The molecule has 1 aromatic heterocycles. The maximum absolute atomic E-state index is 5.80. The van der Waals surface area contributed by atoms with Gasteiger partial charge in [0.15, 0.2) is 5.82 Å². The summed E-state index contributed by atoms with van der Waals surface area (Å²) in [6, 6.07) is 1.98. The van der Waals surface area contributed by atoms with Gasteiger partial charge in [-0.3, -0.25) is 0 Å². The minimum absolute atomic E-state index is 0.0926. The fourth-order valence-electron chi connectivity index (χ4n) is 2.14. The summed E-state index contributed by atoms with van der Waals surface area (Å²) in [5, 5.41) is 3.41. The topological polar surface area (TPSA) is 47.0 Å². The van der Waals surface area contributed by atoms with E-state index in [1.807, 2.05) is 19.2 Å². The Labute approximate surface area is 116 Å². The van der Waals surface area contributed by atoms with Crippen LogP contribution in [0.25, 0.3) is 0 Å². The number of nitrogens with one attached hydrogen (secondary N) is 1. The molecule has 0 radical (unpaired) electrons. The van der Waals surface area contributed by atoms with Gasteiger partial charge in [-0.25, -0.2) is 9.97 Å². The minimum Gasteiger partial charge on any atom is -0.370 e. The van der Waals surface area contributed by atoms with Gasteiger partial charge in [0.1, 0.15) is 6.10 Å². The Morgan fingerprint density at radius 2 is 2.21 bits per heavy atom. The van der Waals surface area contributed by atoms with E-state index < -0.39 is 0 Å².